The fourth-order valence-corrected chi connectivity index (χ4v) is 3.52. The van der Waals surface area contributed by atoms with E-state index in [2.05, 4.69) is 43.0 Å². The van der Waals surface area contributed by atoms with Gasteiger partial charge in [0.05, 0.1) is 0 Å². The van der Waals surface area contributed by atoms with Gasteiger partial charge in [0.2, 0.25) is 0 Å². The number of nitrogens with zero attached hydrogens (tertiary/aromatic N) is 1. The molecule has 0 radical (unpaired) electrons. The van der Waals surface area contributed by atoms with Crippen LogP contribution in [0.25, 0.3) is 10.8 Å². The largest absolute Gasteiger partial charge is 0.508 e. The van der Waals surface area contributed by atoms with E-state index in [-0.39, 0.29) is 0 Å². The Balaban J connectivity index is 1.99. The highest BCUT2D eigenvalue weighted by atomic mass is 16.3. The second-order valence-corrected chi connectivity index (χ2v) is 5.95. The average Bonchev–Trinajstić information content (AvgIpc) is 2.82. The van der Waals surface area contributed by atoms with Crippen molar-refractivity contribution >= 4 is 10.8 Å². The Labute approximate surface area is 121 Å². The van der Waals surface area contributed by atoms with E-state index in [1.807, 2.05) is 12.1 Å². The van der Waals surface area contributed by atoms with Crippen molar-refractivity contribution in [3.63, 3.8) is 0 Å². The van der Waals surface area contributed by atoms with Crippen LogP contribution in [0.4, 0.5) is 0 Å². The molecule has 0 spiro atoms. The van der Waals surface area contributed by atoms with E-state index < -0.39 is 0 Å². The molecule has 3 rings (SSSR count). The third kappa shape index (κ3) is 2.29. The van der Waals surface area contributed by atoms with Crippen molar-refractivity contribution in [1.29, 1.82) is 0 Å². The van der Waals surface area contributed by atoms with E-state index in [0.717, 1.165) is 12.1 Å². The van der Waals surface area contributed by atoms with E-state index in [1.165, 1.54) is 30.0 Å². The molecule has 1 aliphatic rings. The van der Waals surface area contributed by atoms with Crippen molar-refractivity contribution in [1.82, 2.24) is 4.90 Å². The summed E-state index contributed by atoms with van der Waals surface area (Å²) in [6.45, 7) is 5.42. The zero-order valence-corrected chi connectivity index (χ0v) is 12.3. The monoisotopic (exact) mass is 269 g/mol. The summed E-state index contributed by atoms with van der Waals surface area (Å²) in [5, 5.41) is 12.7. The first-order valence-electron chi connectivity index (χ1n) is 7.66. The molecule has 0 bridgehead atoms. The fraction of sp³-hybridized carbons (Fsp3) is 0.444. The standard InChI is InChI=1S/C18H23NO/c1-3-15-10-8-13(2)19(15)12-17-16-7-5-4-6-14(16)9-11-18(17)20/h4-7,9,11,13,15,20H,3,8,10,12H2,1-2H3. The third-order valence-electron chi connectivity index (χ3n) is 4.78. The van der Waals surface area contributed by atoms with Crippen molar-refractivity contribution in [2.75, 3.05) is 0 Å². The van der Waals surface area contributed by atoms with Crippen LogP contribution >= 0.6 is 0 Å². The maximum atomic E-state index is 10.3. The van der Waals surface area contributed by atoms with E-state index in [1.54, 1.807) is 0 Å². The summed E-state index contributed by atoms with van der Waals surface area (Å²) < 4.78 is 0. The van der Waals surface area contributed by atoms with Gasteiger partial charge >= 0.3 is 0 Å². The summed E-state index contributed by atoms with van der Waals surface area (Å²) in [7, 11) is 0. The molecule has 1 fully saturated rings. The summed E-state index contributed by atoms with van der Waals surface area (Å²) in [6.07, 6.45) is 3.74. The molecule has 1 saturated heterocycles. The van der Waals surface area contributed by atoms with E-state index in [9.17, 15) is 5.11 Å². The van der Waals surface area contributed by atoms with Crippen molar-refractivity contribution in [2.45, 2.75) is 51.7 Å². The van der Waals surface area contributed by atoms with Gasteiger partial charge in [-0.25, -0.2) is 0 Å². The van der Waals surface area contributed by atoms with Crippen molar-refractivity contribution in [2.24, 2.45) is 0 Å². The summed E-state index contributed by atoms with van der Waals surface area (Å²) in [5.41, 5.74) is 1.08. The molecule has 2 heteroatoms. The number of likely N-dealkylation sites (tertiary alicyclic amines) is 1. The SMILES string of the molecule is CCC1CCC(C)N1Cc1c(O)ccc2ccccc12. The van der Waals surface area contributed by atoms with Gasteiger partial charge in [0, 0.05) is 24.2 Å². The zero-order valence-electron chi connectivity index (χ0n) is 12.3. The fourth-order valence-electron chi connectivity index (χ4n) is 3.52. The summed E-state index contributed by atoms with van der Waals surface area (Å²) >= 11 is 0. The topological polar surface area (TPSA) is 23.5 Å². The van der Waals surface area contributed by atoms with Gasteiger partial charge in [0.25, 0.3) is 0 Å². The number of phenols is 1. The van der Waals surface area contributed by atoms with Crippen LogP contribution in [0.2, 0.25) is 0 Å². The van der Waals surface area contributed by atoms with Gasteiger partial charge < -0.3 is 5.11 Å². The number of hydrogen-bond acceptors (Lipinski definition) is 2. The normalized spacial score (nSPS) is 23.5. The van der Waals surface area contributed by atoms with Gasteiger partial charge in [-0.2, -0.15) is 0 Å². The average molecular weight is 269 g/mol. The second-order valence-electron chi connectivity index (χ2n) is 5.95. The smallest absolute Gasteiger partial charge is 0.120 e. The van der Waals surface area contributed by atoms with Gasteiger partial charge in [0.15, 0.2) is 0 Å². The minimum atomic E-state index is 0.428. The molecule has 2 unspecified atom stereocenters. The minimum Gasteiger partial charge on any atom is -0.508 e. The second kappa shape index (κ2) is 5.45. The van der Waals surface area contributed by atoms with Crippen LogP contribution in [0.3, 0.4) is 0 Å². The lowest BCUT2D eigenvalue weighted by Gasteiger charge is -2.28. The number of benzene rings is 2. The molecule has 0 aromatic heterocycles. The molecular weight excluding hydrogens is 246 g/mol. The predicted octanol–water partition coefficient (Wildman–Crippen LogP) is 4.31. The van der Waals surface area contributed by atoms with Gasteiger partial charge in [-0.15, -0.1) is 0 Å². The van der Waals surface area contributed by atoms with Crippen LogP contribution < -0.4 is 0 Å². The number of hydrogen-bond donors (Lipinski definition) is 1. The Morgan fingerprint density at radius 1 is 1.15 bits per heavy atom. The molecule has 0 saturated carbocycles. The van der Waals surface area contributed by atoms with Crippen LogP contribution in [0.1, 0.15) is 38.7 Å². The lowest BCUT2D eigenvalue weighted by Crippen LogP contribution is -2.33. The van der Waals surface area contributed by atoms with Crippen molar-refractivity contribution in [3.05, 3.63) is 42.0 Å². The quantitative estimate of drug-likeness (QED) is 0.897. The summed E-state index contributed by atoms with van der Waals surface area (Å²) in [6, 6.07) is 13.4. The van der Waals surface area contributed by atoms with Crippen LogP contribution in [0, 0.1) is 0 Å². The predicted molar refractivity (Wildman–Crippen MR) is 83.9 cm³/mol. The first kappa shape index (κ1) is 13.4. The van der Waals surface area contributed by atoms with Crippen molar-refractivity contribution < 1.29 is 5.11 Å². The van der Waals surface area contributed by atoms with Gasteiger partial charge in [-0.3, -0.25) is 4.90 Å². The maximum Gasteiger partial charge on any atom is 0.120 e. The molecule has 2 aromatic carbocycles. The molecule has 1 N–H and O–H groups in total. The Hall–Kier alpha value is -1.54. The highest BCUT2D eigenvalue weighted by molar-refractivity contribution is 5.87. The number of aromatic hydroxyl groups is 1. The van der Waals surface area contributed by atoms with Gasteiger partial charge in [0.1, 0.15) is 5.75 Å². The lowest BCUT2D eigenvalue weighted by atomic mass is 10.0. The molecule has 1 heterocycles. The van der Waals surface area contributed by atoms with Gasteiger partial charge in [-0.05, 0) is 43.0 Å². The Kier molecular flexibility index (Phi) is 3.66. The van der Waals surface area contributed by atoms with E-state index >= 15 is 0 Å². The van der Waals surface area contributed by atoms with E-state index in [0.29, 0.717) is 17.8 Å². The van der Waals surface area contributed by atoms with E-state index in [4.69, 9.17) is 0 Å². The molecular formula is C18H23NO. The third-order valence-corrected chi connectivity index (χ3v) is 4.78. The Bertz CT molecular complexity index is 607. The van der Waals surface area contributed by atoms with Crippen molar-refractivity contribution in [3.8, 4) is 5.75 Å². The molecule has 106 valence electrons. The number of fused-ring (bicyclic) bond motifs is 1. The molecule has 2 nitrogen and oxygen atoms in total. The lowest BCUT2D eigenvalue weighted by molar-refractivity contribution is 0.188. The van der Waals surface area contributed by atoms with Crippen LogP contribution in [-0.2, 0) is 6.54 Å². The Morgan fingerprint density at radius 2 is 1.95 bits per heavy atom. The summed E-state index contributed by atoms with van der Waals surface area (Å²) in [4.78, 5) is 2.56. The highest BCUT2D eigenvalue weighted by Crippen LogP contribution is 2.33. The van der Waals surface area contributed by atoms with Gasteiger partial charge in [-0.1, -0.05) is 37.3 Å². The molecule has 1 aliphatic heterocycles. The van der Waals surface area contributed by atoms with Crippen LogP contribution in [-0.4, -0.2) is 22.1 Å². The first-order chi connectivity index (χ1) is 9.70. The number of rotatable bonds is 3. The molecule has 0 amide bonds. The molecule has 0 aliphatic carbocycles. The molecule has 2 atom stereocenters. The Morgan fingerprint density at radius 3 is 2.75 bits per heavy atom. The molecule has 2 aromatic rings. The highest BCUT2D eigenvalue weighted by Gasteiger charge is 2.29. The van der Waals surface area contributed by atoms with Crippen LogP contribution in [0.15, 0.2) is 36.4 Å². The van der Waals surface area contributed by atoms with Crippen LogP contribution in [0.5, 0.6) is 5.75 Å². The first-order valence-corrected chi connectivity index (χ1v) is 7.66. The molecule has 20 heavy (non-hydrogen) atoms. The minimum absolute atomic E-state index is 0.428. The zero-order chi connectivity index (χ0) is 14.1. The summed E-state index contributed by atoms with van der Waals surface area (Å²) in [5.74, 6) is 0.428. The maximum absolute atomic E-state index is 10.3. The number of phenolic OH excluding ortho intramolecular Hbond substituents is 1.